The van der Waals surface area contributed by atoms with Crippen LogP contribution in [-0.2, 0) is 14.4 Å². The van der Waals surface area contributed by atoms with Crippen molar-refractivity contribution in [3.8, 4) is 11.1 Å². The maximum absolute atomic E-state index is 13.0. The average molecular weight is 407 g/mol. The van der Waals surface area contributed by atoms with Crippen LogP contribution < -0.4 is 4.90 Å². The van der Waals surface area contributed by atoms with Crippen LogP contribution in [0.1, 0.15) is 46.0 Å². The largest absolute Gasteiger partial charge is 0.322 e. The minimum Gasteiger partial charge on any atom is -0.322 e. The van der Waals surface area contributed by atoms with Gasteiger partial charge in [-0.15, -0.1) is 0 Å². The molecule has 158 valence electrons. The number of Topliss-reactive ketones (excluding diaryl/α,β-unsaturated/α-hetero) is 1. The average Bonchev–Trinajstić information content (AvgIpc) is 2.78. The fraction of sp³-hybridized carbons (Fsp3) is 0.400. The van der Waals surface area contributed by atoms with E-state index >= 15 is 0 Å². The SMILES string of the molecule is CCCC[C@H]1CN(c2cccc(-c3ccccc3)c2)C(=O)CN1C(=O)C(=O)CCC. The molecule has 5 heteroatoms. The number of benzene rings is 2. The van der Waals surface area contributed by atoms with Gasteiger partial charge in [0.1, 0.15) is 6.54 Å². The molecule has 1 aliphatic heterocycles. The fourth-order valence-electron chi connectivity index (χ4n) is 3.92. The Hall–Kier alpha value is -2.95. The number of nitrogens with zero attached hydrogens (tertiary/aromatic N) is 2. The molecule has 0 N–H and O–H groups in total. The highest BCUT2D eigenvalue weighted by Gasteiger charge is 2.37. The topological polar surface area (TPSA) is 57.7 Å². The molecule has 0 aromatic heterocycles. The van der Waals surface area contributed by atoms with Gasteiger partial charge in [0.2, 0.25) is 11.7 Å². The van der Waals surface area contributed by atoms with E-state index in [2.05, 4.69) is 6.92 Å². The number of carbonyl (C=O) groups is 3. The molecule has 1 saturated heterocycles. The van der Waals surface area contributed by atoms with Crippen LogP contribution >= 0.6 is 0 Å². The molecule has 2 aromatic carbocycles. The van der Waals surface area contributed by atoms with E-state index in [0.717, 1.165) is 36.1 Å². The van der Waals surface area contributed by atoms with E-state index in [1.54, 1.807) is 4.90 Å². The minimum atomic E-state index is -0.510. The molecule has 0 unspecified atom stereocenters. The van der Waals surface area contributed by atoms with Gasteiger partial charge in [0.25, 0.3) is 5.91 Å². The van der Waals surface area contributed by atoms with E-state index in [0.29, 0.717) is 13.0 Å². The number of rotatable bonds is 8. The molecule has 0 bridgehead atoms. The number of amides is 2. The first kappa shape index (κ1) is 21.8. The first-order valence-corrected chi connectivity index (χ1v) is 10.8. The molecule has 0 spiro atoms. The molecule has 2 amide bonds. The van der Waals surface area contributed by atoms with E-state index in [1.165, 1.54) is 4.90 Å². The van der Waals surface area contributed by atoms with E-state index in [1.807, 2.05) is 61.5 Å². The lowest BCUT2D eigenvalue weighted by atomic mass is 10.0. The van der Waals surface area contributed by atoms with Gasteiger partial charge in [-0.25, -0.2) is 0 Å². The predicted octanol–water partition coefficient (Wildman–Crippen LogP) is 4.46. The number of unbranched alkanes of at least 4 members (excludes halogenated alkanes) is 1. The van der Waals surface area contributed by atoms with Crippen molar-refractivity contribution < 1.29 is 14.4 Å². The van der Waals surface area contributed by atoms with Crippen molar-refractivity contribution in [3.63, 3.8) is 0 Å². The van der Waals surface area contributed by atoms with Crippen LogP contribution in [0.15, 0.2) is 54.6 Å². The van der Waals surface area contributed by atoms with Crippen molar-refractivity contribution in [2.24, 2.45) is 0 Å². The lowest BCUT2D eigenvalue weighted by molar-refractivity contribution is -0.149. The smallest absolute Gasteiger partial charge is 0.290 e. The Balaban J connectivity index is 1.85. The monoisotopic (exact) mass is 406 g/mol. The van der Waals surface area contributed by atoms with Crippen LogP contribution in [-0.4, -0.2) is 41.6 Å². The summed E-state index contributed by atoms with van der Waals surface area (Å²) in [6.45, 7) is 4.35. The van der Waals surface area contributed by atoms with E-state index in [9.17, 15) is 14.4 Å². The lowest BCUT2D eigenvalue weighted by Gasteiger charge is -2.41. The molecule has 0 radical (unpaired) electrons. The third-order valence-electron chi connectivity index (χ3n) is 5.57. The van der Waals surface area contributed by atoms with Gasteiger partial charge in [-0.3, -0.25) is 14.4 Å². The van der Waals surface area contributed by atoms with Crippen molar-refractivity contribution in [3.05, 3.63) is 54.6 Å². The van der Waals surface area contributed by atoms with Crippen molar-refractivity contribution in [1.82, 2.24) is 4.90 Å². The molecular formula is C25H30N2O3. The maximum atomic E-state index is 13.0. The summed E-state index contributed by atoms with van der Waals surface area (Å²) in [7, 11) is 0. The molecule has 30 heavy (non-hydrogen) atoms. The Morgan fingerprint density at radius 2 is 1.70 bits per heavy atom. The minimum absolute atomic E-state index is 0.0434. The number of hydrogen-bond acceptors (Lipinski definition) is 3. The fourth-order valence-corrected chi connectivity index (χ4v) is 3.92. The number of ketones is 1. The Labute approximate surface area is 178 Å². The zero-order valence-electron chi connectivity index (χ0n) is 17.8. The highest BCUT2D eigenvalue weighted by Crippen LogP contribution is 2.28. The molecule has 5 nitrogen and oxygen atoms in total. The number of anilines is 1. The second-order valence-electron chi connectivity index (χ2n) is 7.82. The van der Waals surface area contributed by atoms with Crippen LogP contribution in [0.2, 0.25) is 0 Å². The van der Waals surface area contributed by atoms with E-state index in [4.69, 9.17) is 0 Å². The summed E-state index contributed by atoms with van der Waals surface area (Å²) in [6, 6.07) is 17.8. The summed E-state index contributed by atoms with van der Waals surface area (Å²) in [5.41, 5.74) is 2.96. The second-order valence-corrected chi connectivity index (χ2v) is 7.82. The zero-order valence-corrected chi connectivity index (χ0v) is 17.8. The van der Waals surface area contributed by atoms with Crippen LogP contribution in [0, 0.1) is 0 Å². The Kier molecular flexibility index (Phi) is 7.39. The molecule has 1 heterocycles. The van der Waals surface area contributed by atoms with Crippen LogP contribution in [0.4, 0.5) is 5.69 Å². The molecule has 1 aliphatic rings. The lowest BCUT2D eigenvalue weighted by Crippen LogP contribution is -2.59. The molecule has 0 aliphatic carbocycles. The number of hydrogen-bond donors (Lipinski definition) is 0. The van der Waals surface area contributed by atoms with Gasteiger partial charge in [-0.1, -0.05) is 69.2 Å². The van der Waals surface area contributed by atoms with Crippen molar-refractivity contribution >= 4 is 23.3 Å². The van der Waals surface area contributed by atoms with Gasteiger partial charge in [0.15, 0.2) is 0 Å². The van der Waals surface area contributed by atoms with Gasteiger partial charge >= 0.3 is 0 Å². The predicted molar refractivity (Wildman–Crippen MR) is 119 cm³/mol. The summed E-state index contributed by atoms with van der Waals surface area (Å²) >= 11 is 0. The first-order chi connectivity index (χ1) is 14.5. The summed E-state index contributed by atoms with van der Waals surface area (Å²) in [5.74, 6) is -1.05. The molecule has 1 atom stereocenters. The first-order valence-electron chi connectivity index (χ1n) is 10.8. The Morgan fingerprint density at radius 1 is 0.967 bits per heavy atom. The van der Waals surface area contributed by atoms with Crippen molar-refractivity contribution in [2.45, 2.75) is 52.0 Å². The van der Waals surface area contributed by atoms with Crippen molar-refractivity contribution in [2.75, 3.05) is 18.0 Å². The van der Waals surface area contributed by atoms with E-state index < -0.39 is 11.7 Å². The third kappa shape index (κ3) is 4.96. The van der Waals surface area contributed by atoms with Crippen molar-refractivity contribution in [1.29, 1.82) is 0 Å². The van der Waals surface area contributed by atoms with Gasteiger partial charge in [0, 0.05) is 18.7 Å². The Bertz CT molecular complexity index is 894. The third-order valence-corrected chi connectivity index (χ3v) is 5.57. The second kappa shape index (κ2) is 10.2. The highest BCUT2D eigenvalue weighted by atomic mass is 16.2. The summed E-state index contributed by atoms with van der Waals surface area (Å²) in [6.07, 6.45) is 3.59. The van der Waals surface area contributed by atoms with E-state index in [-0.39, 0.29) is 24.9 Å². The zero-order chi connectivity index (χ0) is 21.5. The van der Waals surface area contributed by atoms with Crippen LogP contribution in [0.3, 0.4) is 0 Å². The standard InChI is InChI=1S/C25H30N2O3/c1-3-5-14-22-17-26(24(29)18-27(22)25(30)23(28)10-4-2)21-15-9-13-20(16-21)19-11-7-6-8-12-19/h6-9,11-13,15-16,22H,3-5,10,14,17-18H2,1-2H3/t22-/m0/s1. The van der Waals surface area contributed by atoms with Gasteiger partial charge in [-0.05, 0) is 36.1 Å². The molecule has 0 saturated carbocycles. The number of carbonyl (C=O) groups excluding carboxylic acids is 3. The summed E-state index contributed by atoms with van der Waals surface area (Å²) in [4.78, 5) is 41.2. The summed E-state index contributed by atoms with van der Waals surface area (Å²) in [5, 5.41) is 0. The highest BCUT2D eigenvalue weighted by molar-refractivity contribution is 6.36. The summed E-state index contributed by atoms with van der Waals surface area (Å²) < 4.78 is 0. The van der Waals surface area contributed by atoms with Crippen LogP contribution in [0.5, 0.6) is 0 Å². The van der Waals surface area contributed by atoms with Crippen LogP contribution in [0.25, 0.3) is 11.1 Å². The quantitative estimate of drug-likeness (QED) is 0.608. The van der Waals surface area contributed by atoms with Gasteiger partial charge < -0.3 is 9.80 Å². The normalized spacial score (nSPS) is 16.6. The number of piperazine rings is 1. The Morgan fingerprint density at radius 3 is 2.40 bits per heavy atom. The molecule has 1 fully saturated rings. The van der Waals surface area contributed by atoms with Gasteiger partial charge in [-0.2, -0.15) is 0 Å². The van der Waals surface area contributed by atoms with Gasteiger partial charge in [0.05, 0.1) is 6.04 Å². The molecule has 2 aromatic rings. The maximum Gasteiger partial charge on any atom is 0.290 e. The molecule has 3 rings (SSSR count). The molecular weight excluding hydrogens is 376 g/mol.